The molecule has 2 aromatic rings. The van der Waals surface area contributed by atoms with Gasteiger partial charge in [-0.05, 0) is 30.2 Å². The number of nitrogens with zero attached hydrogens (tertiary/aromatic N) is 1. The van der Waals surface area contributed by atoms with Crippen molar-refractivity contribution in [1.29, 1.82) is 0 Å². The molecule has 1 heterocycles. The third-order valence-corrected chi connectivity index (χ3v) is 6.11. The zero-order valence-corrected chi connectivity index (χ0v) is 15.0. The minimum atomic E-state index is 0.113. The standard InChI is InChI=1S/C21H29N3/c1-21(2,3)20-15(13-23-24-20)12-22-19-17-11-7-10-16(17)18(19)14-8-5-4-6-9-14/h4-6,8-9,13,16-19,22H,7,10-12H2,1-3H3,(H,23,24)/t16?,17?,18-,19-/m1/s1. The van der Waals surface area contributed by atoms with E-state index in [1.807, 2.05) is 6.20 Å². The second-order valence-corrected chi connectivity index (χ2v) is 8.62. The fraction of sp³-hybridized carbons (Fsp3) is 0.571. The molecule has 24 heavy (non-hydrogen) atoms. The lowest BCUT2D eigenvalue weighted by Crippen LogP contribution is -2.54. The first-order valence-corrected chi connectivity index (χ1v) is 9.37. The number of hydrogen-bond donors (Lipinski definition) is 2. The number of benzene rings is 1. The van der Waals surface area contributed by atoms with Crippen LogP contribution in [0.3, 0.4) is 0 Å². The minimum absolute atomic E-state index is 0.113. The van der Waals surface area contributed by atoms with Gasteiger partial charge in [0, 0.05) is 35.2 Å². The van der Waals surface area contributed by atoms with Crippen molar-refractivity contribution in [1.82, 2.24) is 15.5 Å². The van der Waals surface area contributed by atoms with Crippen molar-refractivity contribution in [2.75, 3.05) is 0 Å². The molecule has 0 spiro atoms. The Morgan fingerprint density at radius 1 is 1.12 bits per heavy atom. The summed E-state index contributed by atoms with van der Waals surface area (Å²) in [5, 5.41) is 11.4. The number of H-pyrrole nitrogens is 1. The van der Waals surface area contributed by atoms with Crippen molar-refractivity contribution in [3.05, 3.63) is 53.3 Å². The predicted octanol–water partition coefficient (Wildman–Crippen LogP) is 4.38. The molecule has 3 nitrogen and oxygen atoms in total. The fourth-order valence-corrected chi connectivity index (χ4v) is 5.03. The average Bonchev–Trinajstić information content (AvgIpc) is 3.16. The van der Waals surface area contributed by atoms with E-state index in [4.69, 9.17) is 0 Å². The quantitative estimate of drug-likeness (QED) is 0.876. The number of aromatic nitrogens is 2. The first-order valence-electron chi connectivity index (χ1n) is 9.37. The molecule has 2 fully saturated rings. The molecule has 0 amide bonds. The summed E-state index contributed by atoms with van der Waals surface area (Å²) in [5.41, 5.74) is 4.20. The van der Waals surface area contributed by atoms with E-state index in [-0.39, 0.29) is 5.41 Å². The van der Waals surface area contributed by atoms with E-state index >= 15 is 0 Å². The third kappa shape index (κ3) is 2.69. The summed E-state index contributed by atoms with van der Waals surface area (Å²) in [4.78, 5) is 0. The highest BCUT2D eigenvalue weighted by Crippen LogP contribution is 2.56. The van der Waals surface area contributed by atoms with E-state index in [0.29, 0.717) is 12.0 Å². The molecule has 2 unspecified atom stereocenters. The second kappa shape index (κ2) is 6.03. The zero-order chi connectivity index (χ0) is 16.7. The second-order valence-electron chi connectivity index (χ2n) is 8.62. The first-order chi connectivity index (χ1) is 11.6. The van der Waals surface area contributed by atoms with Gasteiger partial charge in [0.2, 0.25) is 0 Å². The molecule has 0 bridgehead atoms. The van der Waals surface area contributed by atoms with Gasteiger partial charge >= 0.3 is 0 Å². The Morgan fingerprint density at radius 2 is 1.88 bits per heavy atom. The highest BCUT2D eigenvalue weighted by atomic mass is 15.1. The number of hydrogen-bond acceptors (Lipinski definition) is 2. The van der Waals surface area contributed by atoms with E-state index < -0.39 is 0 Å². The molecule has 0 radical (unpaired) electrons. The Labute approximate surface area is 145 Å². The molecule has 0 aliphatic heterocycles. The van der Waals surface area contributed by atoms with Gasteiger partial charge in [-0.2, -0.15) is 5.10 Å². The molecule has 2 N–H and O–H groups in total. The van der Waals surface area contributed by atoms with E-state index in [1.54, 1.807) is 0 Å². The summed E-state index contributed by atoms with van der Waals surface area (Å²) in [6, 6.07) is 11.7. The number of nitrogens with one attached hydrogen (secondary N) is 2. The number of rotatable bonds is 4. The molecule has 128 valence electrons. The van der Waals surface area contributed by atoms with Gasteiger partial charge in [-0.1, -0.05) is 57.5 Å². The van der Waals surface area contributed by atoms with Crippen LogP contribution in [-0.2, 0) is 12.0 Å². The largest absolute Gasteiger partial charge is 0.309 e. The molecule has 0 saturated heterocycles. The molecule has 2 saturated carbocycles. The van der Waals surface area contributed by atoms with Crippen LogP contribution in [-0.4, -0.2) is 16.2 Å². The summed E-state index contributed by atoms with van der Waals surface area (Å²) >= 11 is 0. The molecule has 1 aromatic heterocycles. The SMILES string of the molecule is CC(C)(C)c1[nH]ncc1CN[C@@H]1C2CCCC2[C@H]1c1ccccc1. The van der Waals surface area contributed by atoms with Gasteiger partial charge in [-0.3, -0.25) is 5.10 Å². The van der Waals surface area contributed by atoms with Gasteiger partial charge < -0.3 is 5.32 Å². The summed E-state index contributed by atoms with van der Waals surface area (Å²) in [6.45, 7) is 7.65. The van der Waals surface area contributed by atoms with Crippen molar-refractivity contribution in [3.8, 4) is 0 Å². The lowest BCUT2D eigenvalue weighted by Gasteiger charge is -2.50. The third-order valence-electron chi connectivity index (χ3n) is 6.11. The molecule has 4 rings (SSSR count). The van der Waals surface area contributed by atoms with Crippen LogP contribution in [0.1, 0.15) is 62.8 Å². The number of fused-ring (bicyclic) bond motifs is 1. The highest BCUT2D eigenvalue weighted by Gasteiger charge is 2.52. The first kappa shape index (κ1) is 15.9. The van der Waals surface area contributed by atoms with E-state index in [0.717, 1.165) is 18.4 Å². The molecule has 3 heteroatoms. The lowest BCUT2D eigenvalue weighted by molar-refractivity contribution is 0.0939. The molecule has 4 atom stereocenters. The van der Waals surface area contributed by atoms with Crippen LogP contribution in [0.2, 0.25) is 0 Å². The van der Waals surface area contributed by atoms with Crippen LogP contribution in [0, 0.1) is 11.8 Å². The zero-order valence-electron chi connectivity index (χ0n) is 15.0. The molecule has 1 aromatic carbocycles. The van der Waals surface area contributed by atoms with Crippen LogP contribution < -0.4 is 5.32 Å². The Kier molecular flexibility index (Phi) is 4.00. The van der Waals surface area contributed by atoms with E-state index in [1.165, 1.54) is 36.1 Å². The van der Waals surface area contributed by atoms with Crippen molar-refractivity contribution >= 4 is 0 Å². The van der Waals surface area contributed by atoms with Gasteiger partial charge in [0.25, 0.3) is 0 Å². The van der Waals surface area contributed by atoms with Crippen molar-refractivity contribution in [2.45, 2.75) is 64.0 Å². The normalized spacial score (nSPS) is 29.3. The van der Waals surface area contributed by atoms with Gasteiger partial charge in [0.05, 0.1) is 6.20 Å². The van der Waals surface area contributed by atoms with Gasteiger partial charge in [-0.15, -0.1) is 0 Å². The Morgan fingerprint density at radius 3 is 2.62 bits per heavy atom. The highest BCUT2D eigenvalue weighted by molar-refractivity contribution is 5.29. The topological polar surface area (TPSA) is 40.7 Å². The van der Waals surface area contributed by atoms with Gasteiger partial charge in [-0.25, -0.2) is 0 Å². The summed E-state index contributed by atoms with van der Waals surface area (Å²) in [6.07, 6.45) is 6.19. The average molecular weight is 323 g/mol. The Balaban J connectivity index is 1.50. The van der Waals surface area contributed by atoms with Crippen LogP contribution in [0.15, 0.2) is 36.5 Å². The summed E-state index contributed by atoms with van der Waals surface area (Å²) in [7, 11) is 0. The van der Waals surface area contributed by atoms with Crippen molar-refractivity contribution < 1.29 is 0 Å². The molecular formula is C21H29N3. The smallest absolute Gasteiger partial charge is 0.0535 e. The van der Waals surface area contributed by atoms with Crippen LogP contribution in [0.25, 0.3) is 0 Å². The van der Waals surface area contributed by atoms with Crippen molar-refractivity contribution in [3.63, 3.8) is 0 Å². The van der Waals surface area contributed by atoms with E-state index in [9.17, 15) is 0 Å². The predicted molar refractivity (Wildman–Crippen MR) is 97.9 cm³/mol. The van der Waals surface area contributed by atoms with Crippen LogP contribution >= 0.6 is 0 Å². The maximum absolute atomic E-state index is 4.29. The Bertz CT molecular complexity index is 683. The van der Waals surface area contributed by atoms with Crippen LogP contribution in [0.4, 0.5) is 0 Å². The van der Waals surface area contributed by atoms with Crippen LogP contribution in [0.5, 0.6) is 0 Å². The molecule has 2 aliphatic carbocycles. The van der Waals surface area contributed by atoms with Gasteiger partial charge in [0.15, 0.2) is 0 Å². The minimum Gasteiger partial charge on any atom is -0.309 e. The van der Waals surface area contributed by atoms with Crippen molar-refractivity contribution in [2.24, 2.45) is 11.8 Å². The monoisotopic (exact) mass is 323 g/mol. The van der Waals surface area contributed by atoms with Gasteiger partial charge in [0.1, 0.15) is 0 Å². The van der Waals surface area contributed by atoms with E-state index in [2.05, 4.69) is 66.6 Å². The molecule has 2 aliphatic rings. The Hall–Kier alpha value is -1.61. The molecular weight excluding hydrogens is 294 g/mol. The maximum atomic E-state index is 4.29. The summed E-state index contributed by atoms with van der Waals surface area (Å²) < 4.78 is 0. The lowest BCUT2D eigenvalue weighted by atomic mass is 9.60. The summed E-state index contributed by atoms with van der Waals surface area (Å²) in [5.74, 6) is 2.43. The maximum Gasteiger partial charge on any atom is 0.0535 e. The number of aromatic amines is 1. The fourth-order valence-electron chi connectivity index (χ4n) is 5.03.